The van der Waals surface area contributed by atoms with Crippen molar-refractivity contribution in [3.05, 3.63) is 54.2 Å². The molecule has 0 bridgehead atoms. The molecule has 1 atom stereocenters. The molecule has 1 amide bonds. The maximum Gasteiger partial charge on any atom is 0.412 e. The number of methoxy groups -OCH3 is 1. The van der Waals surface area contributed by atoms with E-state index in [4.69, 9.17) is 4.74 Å². The van der Waals surface area contributed by atoms with Crippen LogP contribution in [0.4, 0.5) is 10.6 Å². The van der Waals surface area contributed by atoms with Crippen LogP contribution in [0, 0.1) is 0 Å². The maximum absolute atomic E-state index is 11.3. The largest absolute Gasteiger partial charge is 0.453 e. The number of carbonyl (C=O) groups is 1. The molecule has 0 spiro atoms. The first-order chi connectivity index (χ1) is 12.1. The Hall–Kier alpha value is -3.13. The molecular weight excluding hydrogens is 322 g/mol. The standard InChI is InChI=1S/C17H19N5O3/c1-21(2)16(12-7-5-4-6-8-12)25-15-10-9-14-18-13(11-22(14)20-15)19-17(23)24-3/h4-11,16H,1-3H3,(H,19,23). The lowest BCUT2D eigenvalue weighted by Crippen LogP contribution is -2.25. The second kappa shape index (κ2) is 7.18. The SMILES string of the molecule is COC(=O)Nc1cn2nc(OC(c3ccccc3)N(C)C)ccc2n1. The van der Waals surface area contributed by atoms with E-state index in [1.165, 1.54) is 7.11 Å². The molecule has 2 aromatic heterocycles. The van der Waals surface area contributed by atoms with Crippen LogP contribution in [0.3, 0.4) is 0 Å². The van der Waals surface area contributed by atoms with Gasteiger partial charge in [0, 0.05) is 11.6 Å². The van der Waals surface area contributed by atoms with Gasteiger partial charge in [0.25, 0.3) is 0 Å². The molecule has 25 heavy (non-hydrogen) atoms. The molecule has 0 radical (unpaired) electrons. The molecule has 8 heteroatoms. The van der Waals surface area contributed by atoms with E-state index in [1.807, 2.05) is 49.3 Å². The van der Waals surface area contributed by atoms with Gasteiger partial charge in [-0.2, -0.15) is 0 Å². The molecule has 0 fully saturated rings. The summed E-state index contributed by atoms with van der Waals surface area (Å²) in [4.78, 5) is 17.5. The summed E-state index contributed by atoms with van der Waals surface area (Å²) in [6.07, 6.45) is 0.728. The number of hydrogen-bond acceptors (Lipinski definition) is 6. The minimum atomic E-state index is -0.586. The number of hydrogen-bond donors (Lipinski definition) is 1. The monoisotopic (exact) mass is 341 g/mol. The van der Waals surface area contributed by atoms with Crippen molar-refractivity contribution in [2.75, 3.05) is 26.5 Å². The first-order valence-electron chi connectivity index (χ1n) is 7.66. The second-order valence-corrected chi connectivity index (χ2v) is 5.56. The van der Waals surface area contributed by atoms with Gasteiger partial charge in [-0.05, 0) is 20.2 Å². The average molecular weight is 341 g/mol. The predicted octanol–water partition coefficient (Wildman–Crippen LogP) is 2.55. The molecule has 2 heterocycles. The van der Waals surface area contributed by atoms with Gasteiger partial charge in [-0.15, -0.1) is 5.10 Å². The Bertz CT molecular complexity index is 863. The Kier molecular flexibility index (Phi) is 4.80. The van der Waals surface area contributed by atoms with Crippen LogP contribution in [-0.2, 0) is 4.74 Å². The minimum absolute atomic E-state index is 0.276. The predicted molar refractivity (Wildman–Crippen MR) is 92.5 cm³/mol. The fourth-order valence-electron chi connectivity index (χ4n) is 2.35. The van der Waals surface area contributed by atoms with Gasteiger partial charge in [-0.25, -0.2) is 14.3 Å². The lowest BCUT2D eigenvalue weighted by molar-refractivity contribution is 0.0582. The van der Waals surface area contributed by atoms with Gasteiger partial charge in [0.15, 0.2) is 17.7 Å². The van der Waals surface area contributed by atoms with Crippen LogP contribution in [0.2, 0.25) is 0 Å². The Morgan fingerprint density at radius 2 is 1.96 bits per heavy atom. The zero-order valence-corrected chi connectivity index (χ0v) is 14.2. The summed E-state index contributed by atoms with van der Waals surface area (Å²) in [5, 5.41) is 6.89. The maximum atomic E-state index is 11.3. The minimum Gasteiger partial charge on any atom is -0.453 e. The van der Waals surface area contributed by atoms with Gasteiger partial charge in [0.1, 0.15) is 0 Å². The number of carbonyl (C=O) groups excluding carboxylic acids is 1. The van der Waals surface area contributed by atoms with Crippen LogP contribution in [0.5, 0.6) is 5.88 Å². The van der Waals surface area contributed by atoms with E-state index >= 15 is 0 Å². The van der Waals surface area contributed by atoms with Crippen molar-refractivity contribution in [3.8, 4) is 5.88 Å². The summed E-state index contributed by atoms with van der Waals surface area (Å²) in [5.74, 6) is 0.792. The van der Waals surface area contributed by atoms with Crippen molar-refractivity contribution in [3.63, 3.8) is 0 Å². The van der Waals surface area contributed by atoms with E-state index in [2.05, 4.69) is 20.1 Å². The number of rotatable bonds is 5. The summed E-state index contributed by atoms with van der Waals surface area (Å²) in [6, 6.07) is 13.4. The molecular formula is C17H19N5O3. The van der Waals surface area contributed by atoms with Gasteiger partial charge in [0.2, 0.25) is 5.88 Å². The summed E-state index contributed by atoms with van der Waals surface area (Å²) < 4.78 is 12.1. The zero-order valence-electron chi connectivity index (χ0n) is 14.2. The summed E-state index contributed by atoms with van der Waals surface area (Å²) in [7, 11) is 5.16. The van der Waals surface area contributed by atoms with Crippen LogP contribution in [0.1, 0.15) is 11.8 Å². The molecule has 130 valence electrons. The summed E-state index contributed by atoms with van der Waals surface area (Å²) in [6.45, 7) is 0. The third kappa shape index (κ3) is 3.86. The van der Waals surface area contributed by atoms with Crippen molar-refractivity contribution in [1.82, 2.24) is 19.5 Å². The number of ether oxygens (including phenoxy) is 2. The van der Waals surface area contributed by atoms with Gasteiger partial charge in [-0.3, -0.25) is 10.2 Å². The van der Waals surface area contributed by atoms with Crippen LogP contribution < -0.4 is 10.1 Å². The first-order valence-corrected chi connectivity index (χ1v) is 7.66. The van der Waals surface area contributed by atoms with Crippen LogP contribution in [-0.4, -0.2) is 46.8 Å². The van der Waals surface area contributed by atoms with Crippen molar-refractivity contribution in [2.45, 2.75) is 6.23 Å². The Balaban J connectivity index is 1.84. The van der Waals surface area contributed by atoms with Crippen molar-refractivity contribution in [2.24, 2.45) is 0 Å². The third-order valence-electron chi connectivity index (χ3n) is 3.50. The molecule has 1 aromatic carbocycles. The molecule has 0 aliphatic rings. The topological polar surface area (TPSA) is 81.0 Å². The number of nitrogens with one attached hydrogen (secondary N) is 1. The number of imidazole rings is 1. The number of aromatic nitrogens is 3. The Morgan fingerprint density at radius 3 is 2.64 bits per heavy atom. The fourth-order valence-corrected chi connectivity index (χ4v) is 2.35. The highest BCUT2D eigenvalue weighted by atomic mass is 16.5. The molecule has 0 saturated heterocycles. The second-order valence-electron chi connectivity index (χ2n) is 5.56. The average Bonchev–Trinajstić information content (AvgIpc) is 3.01. The first kappa shape index (κ1) is 16.7. The van der Waals surface area contributed by atoms with Gasteiger partial charge < -0.3 is 9.47 Å². The number of amides is 1. The normalized spacial score (nSPS) is 12.2. The Morgan fingerprint density at radius 1 is 1.20 bits per heavy atom. The van der Waals surface area contributed by atoms with Crippen LogP contribution in [0.25, 0.3) is 5.65 Å². The van der Waals surface area contributed by atoms with E-state index in [0.717, 1.165) is 5.56 Å². The number of fused-ring (bicyclic) bond motifs is 1. The zero-order chi connectivity index (χ0) is 17.8. The lowest BCUT2D eigenvalue weighted by Gasteiger charge is -2.25. The number of benzene rings is 1. The van der Waals surface area contributed by atoms with Crippen molar-refractivity contribution in [1.29, 1.82) is 0 Å². The lowest BCUT2D eigenvalue weighted by atomic mass is 10.2. The smallest absolute Gasteiger partial charge is 0.412 e. The molecule has 0 aliphatic carbocycles. The van der Waals surface area contributed by atoms with E-state index in [0.29, 0.717) is 17.3 Å². The summed E-state index contributed by atoms with van der Waals surface area (Å²) in [5.41, 5.74) is 1.60. The van der Waals surface area contributed by atoms with E-state index in [-0.39, 0.29) is 6.23 Å². The van der Waals surface area contributed by atoms with Gasteiger partial charge >= 0.3 is 6.09 Å². The highest BCUT2D eigenvalue weighted by molar-refractivity contribution is 5.83. The fraction of sp³-hybridized carbons (Fsp3) is 0.235. The molecule has 1 unspecified atom stereocenters. The summed E-state index contributed by atoms with van der Waals surface area (Å²) >= 11 is 0. The van der Waals surface area contributed by atoms with Crippen LogP contribution >= 0.6 is 0 Å². The molecule has 8 nitrogen and oxygen atoms in total. The molecule has 0 saturated carbocycles. The molecule has 3 aromatic rings. The van der Waals surface area contributed by atoms with Gasteiger partial charge in [-0.1, -0.05) is 30.3 Å². The van der Waals surface area contributed by atoms with E-state index < -0.39 is 6.09 Å². The Labute approximate surface area is 145 Å². The van der Waals surface area contributed by atoms with Crippen LogP contribution in [0.15, 0.2) is 48.7 Å². The van der Waals surface area contributed by atoms with Crippen molar-refractivity contribution >= 4 is 17.6 Å². The molecule has 1 N–H and O–H groups in total. The third-order valence-corrected chi connectivity index (χ3v) is 3.50. The molecule has 0 aliphatic heterocycles. The quantitative estimate of drug-likeness (QED) is 0.718. The molecule has 3 rings (SSSR count). The van der Waals surface area contributed by atoms with E-state index in [1.54, 1.807) is 22.8 Å². The number of anilines is 1. The highest BCUT2D eigenvalue weighted by Crippen LogP contribution is 2.22. The van der Waals surface area contributed by atoms with Gasteiger partial charge in [0.05, 0.1) is 13.3 Å². The number of nitrogens with zero attached hydrogens (tertiary/aromatic N) is 4. The van der Waals surface area contributed by atoms with E-state index in [9.17, 15) is 4.79 Å². The highest BCUT2D eigenvalue weighted by Gasteiger charge is 2.17. The van der Waals surface area contributed by atoms with Crippen molar-refractivity contribution < 1.29 is 14.3 Å².